The fourth-order valence-electron chi connectivity index (χ4n) is 4.31. The molecule has 1 unspecified atom stereocenters. The Morgan fingerprint density at radius 1 is 1.07 bits per heavy atom. The predicted octanol–water partition coefficient (Wildman–Crippen LogP) is 4.75. The number of carbonyl (C=O) groups excluding carboxylic acids is 1. The van der Waals surface area contributed by atoms with Crippen molar-refractivity contribution in [3.05, 3.63) is 78.1 Å². The van der Waals surface area contributed by atoms with E-state index < -0.39 is 0 Å². The third kappa shape index (κ3) is 4.48. The van der Waals surface area contributed by atoms with Gasteiger partial charge < -0.3 is 4.90 Å². The molecular weight excluding hydrogens is 358 g/mol. The van der Waals surface area contributed by atoms with Crippen molar-refractivity contribution in [1.82, 2.24) is 14.8 Å². The van der Waals surface area contributed by atoms with E-state index in [-0.39, 0.29) is 5.91 Å². The van der Waals surface area contributed by atoms with Crippen LogP contribution in [0, 0.1) is 0 Å². The molecule has 2 aromatic carbocycles. The summed E-state index contributed by atoms with van der Waals surface area (Å²) in [6, 6.07) is 18.7. The highest BCUT2D eigenvalue weighted by Gasteiger charge is 2.30. The van der Waals surface area contributed by atoms with Gasteiger partial charge in [0.15, 0.2) is 0 Å². The van der Waals surface area contributed by atoms with E-state index in [0.717, 1.165) is 48.9 Å². The maximum absolute atomic E-state index is 13.4. The Morgan fingerprint density at radius 2 is 1.93 bits per heavy atom. The Kier molecular flexibility index (Phi) is 6.20. The number of piperazine rings is 1. The summed E-state index contributed by atoms with van der Waals surface area (Å²) in [5, 5.41) is 2.17. The molecule has 0 bridgehead atoms. The summed E-state index contributed by atoms with van der Waals surface area (Å²) in [4.78, 5) is 22.2. The third-order valence-corrected chi connectivity index (χ3v) is 5.91. The number of rotatable bonds is 6. The highest BCUT2D eigenvalue weighted by Crippen LogP contribution is 2.23. The molecule has 1 aliphatic rings. The monoisotopic (exact) mass is 387 g/mol. The van der Waals surface area contributed by atoms with Crippen LogP contribution in [0.15, 0.2) is 67.0 Å². The normalized spacial score (nSPS) is 17.6. The second-order valence-corrected chi connectivity index (χ2v) is 7.91. The average molecular weight is 388 g/mol. The summed E-state index contributed by atoms with van der Waals surface area (Å²) >= 11 is 0. The number of aromatic nitrogens is 1. The van der Waals surface area contributed by atoms with Gasteiger partial charge in [-0.25, -0.2) is 0 Å². The van der Waals surface area contributed by atoms with Gasteiger partial charge in [-0.15, -0.1) is 0 Å². The Bertz CT molecular complexity index is 951. The van der Waals surface area contributed by atoms with E-state index in [9.17, 15) is 4.79 Å². The molecule has 1 aromatic heterocycles. The summed E-state index contributed by atoms with van der Waals surface area (Å²) in [5.74, 6) is 0.157. The number of fused-ring (bicyclic) bond motifs is 1. The van der Waals surface area contributed by atoms with Crippen LogP contribution in [0.5, 0.6) is 0 Å². The molecule has 2 heterocycles. The number of hydrogen-bond acceptors (Lipinski definition) is 3. The first kappa shape index (κ1) is 19.6. The number of benzene rings is 2. The zero-order valence-electron chi connectivity index (χ0n) is 17.1. The highest BCUT2D eigenvalue weighted by atomic mass is 16.2. The first-order chi connectivity index (χ1) is 14.3. The lowest BCUT2D eigenvalue weighted by Crippen LogP contribution is -2.54. The van der Waals surface area contributed by atoms with Gasteiger partial charge in [0.2, 0.25) is 0 Å². The molecule has 1 saturated heterocycles. The number of nitrogens with zero attached hydrogens (tertiary/aromatic N) is 3. The van der Waals surface area contributed by atoms with Gasteiger partial charge in [-0.1, -0.05) is 62.2 Å². The Morgan fingerprint density at radius 3 is 2.76 bits per heavy atom. The first-order valence-electron chi connectivity index (χ1n) is 10.7. The molecule has 1 fully saturated rings. The molecule has 4 rings (SSSR count). The largest absolute Gasteiger partial charge is 0.336 e. The standard InChI is InChI=1S/C25H29N3O/c1-2-3-11-22-19-28(16-15-27(22)18-20-8-7-14-26-17-20)25(29)24-13-6-10-21-9-4-5-12-23(21)24/h4-10,12-14,17,22H,2-3,11,15-16,18-19H2,1H3. The van der Waals surface area contributed by atoms with Crippen molar-refractivity contribution in [2.75, 3.05) is 19.6 Å². The number of carbonyl (C=O) groups is 1. The lowest BCUT2D eigenvalue weighted by Gasteiger charge is -2.41. The molecule has 3 aromatic rings. The van der Waals surface area contributed by atoms with Crippen molar-refractivity contribution in [1.29, 1.82) is 0 Å². The molecule has 4 nitrogen and oxygen atoms in total. The predicted molar refractivity (Wildman–Crippen MR) is 118 cm³/mol. The van der Waals surface area contributed by atoms with Crippen molar-refractivity contribution in [3.63, 3.8) is 0 Å². The topological polar surface area (TPSA) is 36.4 Å². The molecular formula is C25H29N3O. The lowest BCUT2D eigenvalue weighted by molar-refractivity contribution is 0.0436. The summed E-state index contributed by atoms with van der Waals surface area (Å²) in [5.41, 5.74) is 2.06. The summed E-state index contributed by atoms with van der Waals surface area (Å²) < 4.78 is 0. The van der Waals surface area contributed by atoms with Crippen molar-refractivity contribution >= 4 is 16.7 Å². The second kappa shape index (κ2) is 9.19. The Hall–Kier alpha value is -2.72. The van der Waals surface area contributed by atoms with Gasteiger partial charge in [0.05, 0.1) is 0 Å². The van der Waals surface area contributed by atoms with Gasteiger partial charge in [-0.3, -0.25) is 14.7 Å². The quantitative estimate of drug-likeness (QED) is 0.612. The second-order valence-electron chi connectivity index (χ2n) is 7.91. The zero-order chi connectivity index (χ0) is 20.1. The van der Waals surface area contributed by atoms with E-state index in [4.69, 9.17) is 0 Å². The van der Waals surface area contributed by atoms with Crippen molar-refractivity contribution in [2.45, 2.75) is 38.8 Å². The summed E-state index contributed by atoms with van der Waals surface area (Å²) in [7, 11) is 0. The zero-order valence-corrected chi connectivity index (χ0v) is 17.1. The fourth-order valence-corrected chi connectivity index (χ4v) is 4.31. The molecule has 0 spiro atoms. The van der Waals surface area contributed by atoms with Gasteiger partial charge in [-0.2, -0.15) is 0 Å². The van der Waals surface area contributed by atoms with Crippen LogP contribution in [0.3, 0.4) is 0 Å². The number of hydrogen-bond donors (Lipinski definition) is 0. The minimum atomic E-state index is 0.157. The van der Waals surface area contributed by atoms with E-state index in [1.54, 1.807) is 0 Å². The number of unbranched alkanes of at least 4 members (excludes halogenated alkanes) is 1. The lowest BCUT2D eigenvalue weighted by atomic mass is 10.0. The Balaban J connectivity index is 1.52. The molecule has 0 radical (unpaired) electrons. The van der Waals surface area contributed by atoms with Gasteiger partial charge in [0, 0.05) is 50.2 Å². The molecule has 0 aliphatic carbocycles. The maximum atomic E-state index is 13.4. The van der Waals surface area contributed by atoms with Gasteiger partial charge >= 0.3 is 0 Å². The van der Waals surface area contributed by atoms with E-state index in [1.807, 2.05) is 42.7 Å². The Labute approximate surface area is 173 Å². The van der Waals surface area contributed by atoms with E-state index in [1.165, 1.54) is 18.4 Å². The van der Waals surface area contributed by atoms with Gasteiger partial charge in [0.1, 0.15) is 0 Å². The number of pyridine rings is 1. The smallest absolute Gasteiger partial charge is 0.254 e. The molecule has 0 saturated carbocycles. The fraction of sp³-hybridized carbons (Fsp3) is 0.360. The maximum Gasteiger partial charge on any atom is 0.254 e. The summed E-state index contributed by atoms with van der Waals surface area (Å²) in [6.45, 7) is 5.60. The SMILES string of the molecule is CCCCC1CN(C(=O)c2cccc3ccccc23)CCN1Cc1cccnc1. The molecule has 1 aliphatic heterocycles. The van der Waals surface area contributed by atoms with Gasteiger partial charge in [-0.05, 0) is 34.9 Å². The van der Waals surface area contributed by atoms with E-state index in [0.29, 0.717) is 6.04 Å². The van der Waals surface area contributed by atoms with Crippen LogP contribution < -0.4 is 0 Å². The molecule has 4 heteroatoms. The van der Waals surface area contributed by atoms with Crippen molar-refractivity contribution in [2.24, 2.45) is 0 Å². The van der Waals surface area contributed by atoms with Gasteiger partial charge in [0.25, 0.3) is 5.91 Å². The van der Waals surface area contributed by atoms with Crippen molar-refractivity contribution < 1.29 is 4.79 Å². The number of amides is 1. The van der Waals surface area contributed by atoms with Crippen LogP contribution in [0.2, 0.25) is 0 Å². The van der Waals surface area contributed by atoms with Crippen LogP contribution in [0.1, 0.15) is 42.1 Å². The van der Waals surface area contributed by atoms with E-state index >= 15 is 0 Å². The van der Waals surface area contributed by atoms with Crippen LogP contribution in [-0.2, 0) is 6.54 Å². The van der Waals surface area contributed by atoms with Crippen LogP contribution in [0.4, 0.5) is 0 Å². The third-order valence-electron chi connectivity index (χ3n) is 5.91. The van der Waals surface area contributed by atoms with Crippen LogP contribution in [0.25, 0.3) is 10.8 Å². The summed E-state index contributed by atoms with van der Waals surface area (Å²) in [6.07, 6.45) is 7.25. The first-order valence-corrected chi connectivity index (χ1v) is 10.7. The minimum absolute atomic E-state index is 0.157. The molecule has 150 valence electrons. The van der Waals surface area contributed by atoms with Crippen LogP contribution in [-0.4, -0.2) is 46.4 Å². The van der Waals surface area contributed by atoms with E-state index in [2.05, 4.69) is 46.0 Å². The van der Waals surface area contributed by atoms with Crippen molar-refractivity contribution in [3.8, 4) is 0 Å². The molecule has 29 heavy (non-hydrogen) atoms. The molecule has 1 amide bonds. The average Bonchev–Trinajstić information content (AvgIpc) is 2.78. The minimum Gasteiger partial charge on any atom is -0.336 e. The van der Waals surface area contributed by atoms with Crippen LogP contribution >= 0.6 is 0 Å². The molecule has 0 N–H and O–H groups in total. The highest BCUT2D eigenvalue weighted by molar-refractivity contribution is 6.07. The molecule has 1 atom stereocenters.